The van der Waals surface area contributed by atoms with Crippen LogP contribution in [0.3, 0.4) is 0 Å². The second-order valence-corrected chi connectivity index (χ2v) is 4.44. The van der Waals surface area contributed by atoms with Gasteiger partial charge in [-0.15, -0.1) is 0 Å². The van der Waals surface area contributed by atoms with E-state index in [9.17, 15) is 18.3 Å². The van der Waals surface area contributed by atoms with Crippen LogP contribution in [-0.4, -0.2) is 11.3 Å². The van der Waals surface area contributed by atoms with E-state index in [1.54, 1.807) is 18.2 Å². The highest BCUT2D eigenvalue weighted by Crippen LogP contribution is 2.30. The SMILES string of the molecule is CC(O)(CCCC(F)(F)F)c1cccc(C#N)c1. The summed E-state index contributed by atoms with van der Waals surface area (Å²) in [6, 6.07) is 8.21. The van der Waals surface area contributed by atoms with Crippen molar-refractivity contribution in [2.75, 3.05) is 0 Å². The van der Waals surface area contributed by atoms with Crippen molar-refractivity contribution in [3.8, 4) is 6.07 Å². The summed E-state index contributed by atoms with van der Waals surface area (Å²) >= 11 is 0. The third kappa shape index (κ3) is 4.38. The minimum absolute atomic E-state index is 0.00138. The molecule has 0 spiro atoms. The molecule has 0 aliphatic heterocycles. The Morgan fingerprint density at radius 1 is 1.28 bits per heavy atom. The summed E-state index contributed by atoms with van der Waals surface area (Å²) < 4.78 is 36.1. The molecule has 0 aliphatic carbocycles. The highest BCUT2D eigenvalue weighted by atomic mass is 19.4. The molecular formula is C13H14F3NO. The third-order valence-electron chi connectivity index (χ3n) is 2.74. The van der Waals surface area contributed by atoms with E-state index in [0.717, 1.165) is 0 Å². The molecule has 5 heteroatoms. The number of hydrogen-bond donors (Lipinski definition) is 1. The Bertz CT molecular complexity index is 446. The lowest BCUT2D eigenvalue weighted by Crippen LogP contribution is -2.22. The fraction of sp³-hybridized carbons (Fsp3) is 0.462. The molecule has 98 valence electrons. The smallest absolute Gasteiger partial charge is 0.385 e. The van der Waals surface area contributed by atoms with Crippen LogP contribution in [0.2, 0.25) is 0 Å². The van der Waals surface area contributed by atoms with Gasteiger partial charge in [0.25, 0.3) is 0 Å². The van der Waals surface area contributed by atoms with Gasteiger partial charge < -0.3 is 5.11 Å². The zero-order chi connectivity index (χ0) is 13.8. The molecule has 1 unspecified atom stereocenters. The molecule has 0 aliphatic rings. The molecule has 1 aromatic carbocycles. The zero-order valence-electron chi connectivity index (χ0n) is 9.96. The van der Waals surface area contributed by atoms with Gasteiger partial charge in [-0.05, 0) is 37.5 Å². The minimum atomic E-state index is -4.20. The quantitative estimate of drug-likeness (QED) is 0.897. The lowest BCUT2D eigenvalue weighted by atomic mass is 9.89. The molecular weight excluding hydrogens is 243 g/mol. The van der Waals surface area contributed by atoms with Crippen LogP contribution in [0.15, 0.2) is 24.3 Å². The molecule has 0 amide bonds. The van der Waals surface area contributed by atoms with E-state index in [1.165, 1.54) is 13.0 Å². The third-order valence-corrected chi connectivity index (χ3v) is 2.74. The molecule has 0 saturated carbocycles. The predicted octanol–water partition coefficient (Wildman–Crippen LogP) is 3.50. The second-order valence-electron chi connectivity index (χ2n) is 4.44. The maximum atomic E-state index is 12.0. The van der Waals surface area contributed by atoms with Gasteiger partial charge >= 0.3 is 6.18 Å². The summed E-state index contributed by atoms with van der Waals surface area (Å²) in [4.78, 5) is 0. The van der Waals surface area contributed by atoms with Crippen molar-refractivity contribution in [3.05, 3.63) is 35.4 Å². The molecule has 0 aromatic heterocycles. The van der Waals surface area contributed by atoms with Crippen LogP contribution >= 0.6 is 0 Å². The molecule has 2 nitrogen and oxygen atoms in total. The number of rotatable bonds is 4. The topological polar surface area (TPSA) is 44.0 Å². The fourth-order valence-corrected chi connectivity index (χ4v) is 1.70. The van der Waals surface area contributed by atoms with E-state index in [1.807, 2.05) is 6.07 Å². The Kier molecular flexibility index (Phi) is 4.36. The number of alkyl halides is 3. The van der Waals surface area contributed by atoms with E-state index >= 15 is 0 Å². The number of nitriles is 1. The molecule has 0 saturated heterocycles. The monoisotopic (exact) mass is 257 g/mol. The maximum Gasteiger partial charge on any atom is 0.389 e. The largest absolute Gasteiger partial charge is 0.389 e. The van der Waals surface area contributed by atoms with Crippen molar-refractivity contribution in [3.63, 3.8) is 0 Å². The first-order chi connectivity index (χ1) is 8.24. The average Bonchev–Trinajstić information content (AvgIpc) is 2.27. The van der Waals surface area contributed by atoms with Gasteiger partial charge in [-0.1, -0.05) is 12.1 Å². The highest BCUT2D eigenvalue weighted by Gasteiger charge is 2.29. The van der Waals surface area contributed by atoms with Gasteiger partial charge in [0.1, 0.15) is 0 Å². The summed E-state index contributed by atoms with van der Waals surface area (Å²) in [5, 5.41) is 18.9. The zero-order valence-corrected chi connectivity index (χ0v) is 9.96. The van der Waals surface area contributed by atoms with E-state index < -0.39 is 18.2 Å². The number of hydrogen-bond acceptors (Lipinski definition) is 2. The van der Waals surface area contributed by atoms with Gasteiger partial charge in [0, 0.05) is 6.42 Å². The van der Waals surface area contributed by atoms with Crippen LogP contribution in [0.1, 0.15) is 37.3 Å². The van der Waals surface area contributed by atoms with Crippen LogP contribution in [0.4, 0.5) is 13.2 Å². The second kappa shape index (κ2) is 5.40. The summed E-state index contributed by atoms with van der Waals surface area (Å²) in [5.41, 5.74) is -0.509. The van der Waals surface area contributed by atoms with Crippen molar-refractivity contribution in [1.82, 2.24) is 0 Å². The molecule has 18 heavy (non-hydrogen) atoms. The Morgan fingerprint density at radius 3 is 2.50 bits per heavy atom. The Balaban J connectivity index is 2.71. The Hall–Kier alpha value is -1.54. The Labute approximate surface area is 104 Å². The summed E-state index contributed by atoms with van der Waals surface area (Å²) in [6.45, 7) is 1.46. The lowest BCUT2D eigenvalue weighted by molar-refractivity contribution is -0.137. The minimum Gasteiger partial charge on any atom is -0.385 e. The van der Waals surface area contributed by atoms with Crippen molar-refractivity contribution in [1.29, 1.82) is 5.26 Å². The van der Waals surface area contributed by atoms with Crippen molar-refractivity contribution in [2.24, 2.45) is 0 Å². The Morgan fingerprint density at radius 2 is 1.94 bits per heavy atom. The molecule has 1 aromatic rings. The maximum absolute atomic E-state index is 12.0. The molecule has 0 fully saturated rings. The van der Waals surface area contributed by atoms with Crippen LogP contribution in [0, 0.1) is 11.3 Å². The average molecular weight is 257 g/mol. The van der Waals surface area contributed by atoms with Gasteiger partial charge in [-0.3, -0.25) is 0 Å². The lowest BCUT2D eigenvalue weighted by Gasteiger charge is -2.24. The van der Waals surface area contributed by atoms with Crippen LogP contribution in [0.5, 0.6) is 0 Å². The van der Waals surface area contributed by atoms with Crippen LogP contribution in [0.25, 0.3) is 0 Å². The molecule has 0 radical (unpaired) electrons. The van der Waals surface area contributed by atoms with E-state index in [2.05, 4.69) is 0 Å². The first-order valence-corrected chi connectivity index (χ1v) is 5.54. The number of benzene rings is 1. The highest BCUT2D eigenvalue weighted by molar-refractivity contribution is 5.35. The summed E-state index contributed by atoms with van der Waals surface area (Å²) in [7, 11) is 0. The number of halogens is 3. The van der Waals surface area contributed by atoms with Gasteiger partial charge in [0.05, 0.1) is 17.2 Å². The van der Waals surface area contributed by atoms with Crippen molar-refractivity contribution >= 4 is 0 Å². The van der Waals surface area contributed by atoms with E-state index in [0.29, 0.717) is 11.1 Å². The van der Waals surface area contributed by atoms with E-state index in [4.69, 9.17) is 5.26 Å². The van der Waals surface area contributed by atoms with Crippen molar-refractivity contribution in [2.45, 2.75) is 38.0 Å². The van der Waals surface area contributed by atoms with Gasteiger partial charge in [0.15, 0.2) is 0 Å². The van der Waals surface area contributed by atoms with Crippen LogP contribution in [-0.2, 0) is 5.60 Å². The number of aliphatic hydroxyl groups is 1. The van der Waals surface area contributed by atoms with E-state index in [-0.39, 0.29) is 12.8 Å². The molecule has 0 bridgehead atoms. The fourth-order valence-electron chi connectivity index (χ4n) is 1.70. The molecule has 0 heterocycles. The molecule has 1 rings (SSSR count). The van der Waals surface area contributed by atoms with Gasteiger partial charge in [-0.25, -0.2) is 0 Å². The van der Waals surface area contributed by atoms with Crippen LogP contribution < -0.4 is 0 Å². The standard InChI is InChI=1S/C13H14F3NO/c1-12(18,6-3-7-13(14,15)16)11-5-2-4-10(8-11)9-17/h2,4-5,8,18H,3,6-7H2,1H3. The van der Waals surface area contributed by atoms with Crippen molar-refractivity contribution < 1.29 is 18.3 Å². The molecule has 1 N–H and O–H groups in total. The number of nitrogens with zero attached hydrogens (tertiary/aromatic N) is 1. The first-order valence-electron chi connectivity index (χ1n) is 5.54. The van der Waals surface area contributed by atoms with Gasteiger partial charge in [0.2, 0.25) is 0 Å². The summed E-state index contributed by atoms with van der Waals surface area (Å²) in [5.74, 6) is 0. The normalized spacial score (nSPS) is 14.9. The van der Waals surface area contributed by atoms with Gasteiger partial charge in [-0.2, -0.15) is 18.4 Å². The summed E-state index contributed by atoms with van der Waals surface area (Å²) in [6.07, 6.45) is -5.26. The predicted molar refractivity (Wildman–Crippen MR) is 60.6 cm³/mol. The first kappa shape index (κ1) is 14.5. The molecule has 1 atom stereocenters.